The number of halogens is 6. The minimum absolute atomic E-state index is 0.510. The molecular weight excluding hydrogens is 316 g/mol. The van der Waals surface area contributed by atoms with Crippen LogP contribution in [0.25, 0.3) is 0 Å². The molecule has 1 aliphatic rings. The van der Waals surface area contributed by atoms with Crippen molar-refractivity contribution in [2.24, 2.45) is 11.8 Å². The Morgan fingerprint density at radius 1 is 1.15 bits per heavy atom. The van der Waals surface area contributed by atoms with Crippen LogP contribution in [0.4, 0.5) is 26.3 Å². The van der Waals surface area contributed by atoms with Gasteiger partial charge in [-0.05, 0) is 11.8 Å². The Balaban J connectivity index is 2.71. The summed E-state index contributed by atoms with van der Waals surface area (Å²) in [5, 5.41) is 8.68. The van der Waals surface area contributed by atoms with Crippen LogP contribution in [0.15, 0.2) is 0 Å². The predicted octanol–water partition coefficient (Wildman–Crippen LogP) is 1.96. The highest BCUT2D eigenvalue weighted by molar-refractivity contribution is 8.00. The number of thioether (sulfide) groups is 1. The molecule has 11 heteroatoms. The molecule has 2 atom stereocenters. The third kappa shape index (κ3) is 4.46. The zero-order valence-corrected chi connectivity index (χ0v) is 10.5. The van der Waals surface area contributed by atoms with E-state index < -0.39 is 66.0 Å². The SMILES string of the molecule is O=C(O)[C@@H]1CN(C(=O)CSC(F)(F)F)C[C@H]1C(F)(F)F. The van der Waals surface area contributed by atoms with E-state index in [1.807, 2.05) is 0 Å². The fraction of sp³-hybridized carbons (Fsp3) is 0.778. The van der Waals surface area contributed by atoms with Crippen LogP contribution in [0.3, 0.4) is 0 Å². The van der Waals surface area contributed by atoms with Crippen molar-refractivity contribution < 1.29 is 41.0 Å². The number of rotatable bonds is 3. The summed E-state index contributed by atoms with van der Waals surface area (Å²) in [6.07, 6.45) is -4.82. The molecule has 116 valence electrons. The third-order valence-corrected chi connectivity index (χ3v) is 3.49. The lowest BCUT2D eigenvalue weighted by Gasteiger charge is -2.18. The van der Waals surface area contributed by atoms with Gasteiger partial charge in [-0.25, -0.2) is 0 Å². The molecule has 1 amide bonds. The summed E-state index contributed by atoms with van der Waals surface area (Å²) in [6, 6.07) is 0. The van der Waals surface area contributed by atoms with E-state index in [-0.39, 0.29) is 0 Å². The number of alkyl halides is 6. The van der Waals surface area contributed by atoms with Gasteiger partial charge in [-0.15, -0.1) is 0 Å². The van der Waals surface area contributed by atoms with E-state index >= 15 is 0 Å². The molecule has 0 radical (unpaired) electrons. The molecule has 0 spiro atoms. The minimum atomic E-state index is -4.82. The van der Waals surface area contributed by atoms with Gasteiger partial charge in [0.1, 0.15) is 0 Å². The molecule has 0 unspecified atom stereocenters. The maximum Gasteiger partial charge on any atom is 0.442 e. The van der Waals surface area contributed by atoms with Crippen molar-refractivity contribution >= 4 is 23.6 Å². The highest BCUT2D eigenvalue weighted by Gasteiger charge is 2.53. The van der Waals surface area contributed by atoms with Crippen LogP contribution in [-0.2, 0) is 9.59 Å². The van der Waals surface area contributed by atoms with Gasteiger partial charge in [0.05, 0.1) is 17.6 Å². The summed E-state index contributed by atoms with van der Waals surface area (Å²) in [6.45, 7) is -1.67. The first-order chi connectivity index (χ1) is 8.92. The molecule has 0 bridgehead atoms. The first-order valence-corrected chi connectivity index (χ1v) is 6.18. The maximum absolute atomic E-state index is 12.6. The molecule has 0 aliphatic carbocycles. The van der Waals surface area contributed by atoms with Crippen LogP contribution < -0.4 is 0 Å². The van der Waals surface area contributed by atoms with Crippen LogP contribution in [0.5, 0.6) is 0 Å². The van der Waals surface area contributed by atoms with Crippen LogP contribution in [0, 0.1) is 11.8 Å². The molecule has 1 aliphatic heterocycles. The number of aliphatic carboxylic acids is 1. The Morgan fingerprint density at radius 3 is 2.05 bits per heavy atom. The number of hydrogen-bond acceptors (Lipinski definition) is 3. The third-order valence-electron chi connectivity index (χ3n) is 2.77. The molecule has 1 N–H and O–H groups in total. The van der Waals surface area contributed by atoms with Gasteiger partial charge in [-0.2, -0.15) is 26.3 Å². The van der Waals surface area contributed by atoms with Gasteiger partial charge in [0.15, 0.2) is 0 Å². The first-order valence-electron chi connectivity index (χ1n) is 5.20. The van der Waals surface area contributed by atoms with Crippen LogP contribution >= 0.6 is 11.8 Å². The molecule has 1 rings (SSSR count). The van der Waals surface area contributed by atoms with Gasteiger partial charge in [-0.3, -0.25) is 9.59 Å². The molecular formula is C9H9F6NO3S. The topological polar surface area (TPSA) is 57.6 Å². The summed E-state index contributed by atoms with van der Waals surface area (Å²) in [4.78, 5) is 22.6. The first kappa shape index (κ1) is 16.9. The van der Waals surface area contributed by atoms with Crippen molar-refractivity contribution in [3.8, 4) is 0 Å². The quantitative estimate of drug-likeness (QED) is 0.806. The van der Waals surface area contributed by atoms with E-state index in [1.165, 1.54) is 0 Å². The zero-order valence-electron chi connectivity index (χ0n) is 9.66. The molecule has 0 saturated carbocycles. The van der Waals surface area contributed by atoms with Crippen molar-refractivity contribution in [1.29, 1.82) is 0 Å². The van der Waals surface area contributed by atoms with Gasteiger partial charge in [0.25, 0.3) is 0 Å². The summed E-state index contributed by atoms with van der Waals surface area (Å²) in [7, 11) is 0. The molecule has 1 fully saturated rings. The second-order valence-corrected chi connectivity index (χ2v) is 5.17. The normalized spacial score (nSPS) is 24.0. The number of carbonyl (C=O) groups excluding carboxylic acids is 1. The highest BCUT2D eigenvalue weighted by atomic mass is 32.2. The molecule has 0 aromatic carbocycles. The Labute approximate surface area is 113 Å². The van der Waals surface area contributed by atoms with Crippen molar-refractivity contribution in [2.75, 3.05) is 18.8 Å². The summed E-state index contributed by atoms with van der Waals surface area (Å²) >= 11 is -0.673. The molecule has 20 heavy (non-hydrogen) atoms. The fourth-order valence-electron chi connectivity index (χ4n) is 1.82. The number of amides is 1. The molecule has 4 nitrogen and oxygen atoms in total. The summed E-state index contributed by atoms with van der Waals surface area (Å²) < 4.78 is 73.5. The second kappa shape index (κ2) is 5.70. The fourth-order valence-corrected chi connectivity index (χ4v) is 2.29. The maximum atomic E-state index is 12.6. The summed E-state index contributed by atoms with van der Waals surface area (Å²) in [5.74, 6) is -8.08. The van der Waals surface area contributed by atoms with E-state index in [0.717, 1.165) is 0 Å². The Hall–Kier alpha value is -1.13. The van der Waals surface area contributed by atoms with Crippen molar-refractivity contribution in [3.63, 3.8) is 0 Å². The lowest BCUT2D eigenvalue weighted by atomic mass is 9.96. The molecule has 1 heterocycles. The lowest BCUT2D eigenvalue weighted by molar-refractivity contribution is -0.188. The number of carboxylic acids is 1. The monoisotopic (exact) mass is 325 g/mol. The average molecular weight is 325 g/mol. The van der Waals surface area contributed by atoms with Gasteiger partial charge in [0.2, 0.25) is 5.91 Å². The van der Waals surface area contributed by atoms with E-state index in [2.05, 4.69) is 0 Å². The van der Waals surface area contributed by atoms with Gasteiger partial charge >= 0.3 is 17.7 Å². The molecule has 1 saturated heterocycles. The van der Waals surface area contributed by atoms with E-state index in [1.54, 1.807) is 0 Å². The number of hydrogen-bond donors (Lipinski definition) is 1. The average Bonchev–Trinajstić information content (AvgIpc) is 2.69. The van der Waals surface area contributed by atoms with Gasteiger partial charge in [-0.1, -0.05) is 0 Å². The van der Waals surface area contributed by atoms with Gasteiger partial charge in [0, 0.05) is 13.1 Å². The number of nitrogens with zero attached hydrogens (tertiary/aromatic N) is 1. The summed E-state index contributed by atoms with van der Waals surface area (Å²) in [5.41, 5.74) is -4.68. The van der Waals surface area contributed by atoms with Crippen molar-refractivity contribution in [2.45, 2.75) is 11.7 Å². The Morgan fingerprint density at radius 2 is 1.70 bits per heavy atom. The lowest BCUT2D eigenvalue weighted by Crippen LogP contribution is -2.34. The molecule has 0 aromatic rings. The van der Waals surface area contributed by atoms with Crippen LogP contribution in [-0.4, -0.2) is 52.4 Å². The Bertz CT molecular complexity index is 396. The van der Waals surface area contributed by atoms with Gasteiger partial charge < -0.3 is 10.0 Å². The molecule has 0 aromatic heterocycles. The zero-order chi connectivity index (χ0) is 15.7. The second-order valence-electron chi connectivity index (χ2n) is 4.13. The van der Waals surface area contributed by atoms with Crippen LogP contribution in [0.1, 0.15) is 0 Å². The predicted molar refractivity (Wildman–Crippen MR) is 55.8 cm³/mol. The van der Waals surface area contributed by atoms with E-state index in [0.29, 0.717) is 4.90 Å². The van der Waals surface area contributed by atoms with Crippen LogP contribution in [0.2, 0.25) is 0 Å². The number of likely N-dealkylation sites (tertiary alicyclic amines) is 1. The smallest absolute Gasteiger partial charge is 0.442 e. The number of carboxylic acid groups (broad SMARTS) is 1. The minimum Gasteiger partial charge on any atom is -0.481 e. The largest absolute Gasteiger partial charge is 0.481 e. The Kier molecular flexibility index (Phi) is 4.82. The van der Waals surface area contributed by atoms with Crippen molar-refractivity contribution in [3.05, 3.63) is 0 Å². The number of carbonyl (C=O) groups is 2. The van der Waals surface area contributed by atoms with E-state index in [4.69, 9.17) is 5.11 Å². The van der Waals surface area contributed by atoms with Crippen molar-refractivity contribution in [1.82, 2.24) is 4.90 Å². The van der Waals surface area contributed by atoms with E-state index in [9.17, 15) is 35.9 Å². The standard InChI is InChI=1S/C9H9F6NO3S/c10-8(11,12)5-2-16(1-4(5)7(18)19)6(17)3-20-9(13,14)15/h4-5H,1-3H2,(H,18,19)/t4-,5-/m1/s1. The highest BCUT2D eigenvalue weighted by Crippen LogP contribution is 2.38.